The van der Waals surface area contributed by atoms with Crippen molar-refractivity contribution in [2.75, 3.05) is 7.11 Å². The molecule has 0 aliphatic carbocycles. The van der Waals surface area contributed by atoms with Gasteiger partial charge in [0, 0.05) is 12.3 Å². The number of para-hydroxylation sites is 1. The molecule has 0 bridgehead atoms. The monoisotopic (exact) mass is 428 g/mol. The summed E-state index contributed by atoms with van der Waals surface area (Å²) in [6.45, 7) is 3.86. The molecule has 1 aromatic heterocycles. The Labute approximate surface area is 181 Å². The zero-order valence-electron chi connectivity index (χ0n) is 17.9. The fraction of sp³-hybridized carbons (Fsp3) is 0.435. The van der Waals surface area contributed by atoms with Crippen LogP contribution in [0.1, 0.15) is 43.6 Å². The third-order valence-electron chi connectivity index (χ3n) is 5.41. The molecular formula is C23H28N2O6. The zero-order valence-corrected chi connectivity index (χ0v) is 17.9. The number of methoxy groups -OCH3 is 1. The van der Waals surface area contributed by atoms with Crippen molar-refractivity contribution in [3.05, 3.63) is 48.3 Å². The number of carbonyl (C=O) groups is 2. The van der Waals surface area contributed by atoms with Gasteiger partial charge in [-0.3, -0.25) is 4.79 Å². The van der Waals surface area contributed by atoms with Crippen LogP contribution >= 0.6 is 0 Å². The Balaban J connectivity index is 1.72. The summed E-state index contributed by atoms with van der Waals surface area (Å²) in [6, 6.07) is 10.0. The number of aromatic hydroxyl groups is 1. The normalized spacial score (nSPS) is 24.2. The summed E-state index contributed by atoms with van der Waals surface area (Å²) in [7, 11) is 1.38. The number of hydrogen-bond acceptors (Lipinski definition) is 7. The second-order valence-electron chi connectivity index (χ2n) is 7.68. The Kier molecular flexibility index (Phi) is 7.33. The molecular weight excluding hydrogens is 400 g/mol. The minimum atomic E-state index is -0.856. The van der Waals surface area contributed by atoms with Crippen LogP contribution in [0.25, 0.3) is 0 Å². The van der Waals surface area contributed by atoms with Gasteiger partial charge in [0.05, 0.1) is 7.11 Å². The van der Waals surface area contributed by atoms with E-state index in [1.807, 2.05) is 30.3 Å². The van der Waals surface area contributed by atoms with E-state index in [4.69, 9.17) is 14.2 Å². The first kappa shape index (κ1) is 22.4. The van der Waals surface area contributed by atoms with Crippen molar-refractivity contribution in [1.82, 2.24) is 10.3 Å². The number of ether oxygens (including phenoxy) is 3. The van der Waals surface area contributed by atoms with Crippen molar-refractivity contribution in [2.45, 2.75) is 51.4 Å². The molecule has 0 spiro atoms. The van der Waals surface area contributed by atoms with Crippen molar-refractivity contribution >= 4 is 11.9 Å². The summed E-state index contributed by atoms with van der Waals surface area (Å²) in [5.74, 6) is -0.611. The smallest absolute Gasteiger partial charge is 0.329 e. The summed E-state index contributed by atoms with van der Waals surface area (Å²) in [6.07, 6.45) is 2.43. The van der Waals surface area contributed by atoms with E-state index in [0.29, 0.717) is 18.6 Å². The van der Waals surface area contributed by atoms with Crippen LogP contribution < -0.4 is 14.8 Å². The highest BCUT2D eigenvalue weighted by Crippen LogP contribution is 2.28. The minimum absolute atomic E-state index is 0.126. The van der Waals surface area contributed by atoms with Gasteiger partial charge in [0.2, 0.25) is 0 Å². The number of rotatable bonds is 5. The van der Waals surface area contributed by atoms with Crippen LogP contribution in [0.4, 0.5) is 0 Å². The molecule has 0 saturated carbocycles. The quantitative estimate of drug-likeness (QED) is 0.705. The topological polar surface area (TPSA) is 107 Å². The minimum Gasteiger partial charge on any atom is -0.503 e. The summed E-state index contributed by atoms with van der Waals surface area (Å²) in [4.78, 5) is 29.4. The molecule has 3 rings (SSSR count). The van der Waals surface area contributed by atoms with Crippen LogP contribution in [-0.4, -0.2) is 47.3 Å². The molecule has 8 heteroatoms. The number of amides is 1. The van der Waals surface area contributed by atoms with Gasteiger partial charge in [-0.05, 0) is 37.8 Å². The summed E-state index contributed by atoms with van der Waals surface area (Å²) in [5, 5.41) is 12.8. The molecule has 1 saturated heterocycles. The Morgan fingerprint density at radius 3 is 2.65 bits per heavy atom. The summed E-state index contributed by atoms with van der Waals surface area (Å²) >= 11 is 0. The molecule has 1 aromatic carbocycles. The van der Waals surface area contributed by atoms with Crippen molar-refractivity contribution in [1.29, 1.82) is 0 Å². The van der Waals surface area contributed by atoms with Crippen LogP contribution in [0.5, 0.6) is 17.2 Å². The molecule has 0 radical (unpaired) electrons. The molecule has 1 aliphatic heterocycles. The maximum Gasteiger partial charge on any atom is 0.329 e. The van der Waals surface area contributed by atoms with Crippen LogP contribution in [0.3, 0.4) is 0 Å². The molecule has 8 nitrogen and oxygen atoms in total. The first-order valence-electron chi connectivity index (χ1n) is 10.4. The van der Waals surface area contributed by atoms with Crippen LogP contribution in [-0.2, 0) is 9.53 Å². The summed E-state index contributed by atoms with van der Waals surface area (Å²) < 4.78 is 16.8. The molecule has 1 aliphatic rings. The SMILES string of the molecule is COc1ccnc(C(=O)N[C@H]2CCC[C@H](C)[C@@H](Oc3ccccc3)[C@H](C)OC2=O)c1O. The molecule has 2 heterocycles. The Morgan fingerprint density at radius 1 is 1.19 bits per heavy atom. The van der Waals surface area contributed by atoms with Crippen LogP contribution in [0.2, 0.25) is 0 Å². The van der Waals surface area contributed by atoms with Gasteiger partial charge < -0.3 is 24.6 Å². The molecule has 31 heavy (non-hydrogen) atoms. The van der Waals surface area contributed by atoms with Gasteiger partial charge in [-0.1, -0.05) is 31.5 Å². The van der Waals surface area contributed by atoms with E-state index in [2.05, 4.69) is 17.2 Å². The highest BCUT2D eigenvalue weighted by Gasteiger charge is 2.34. The van der Waals surface area contributed by atoms with Crippen molar-refractivity contribution in [3.8, 4) is 17.2 Å². The largest absolute Gasteiger partial charge is 0.503 e. The fourth-order valence-corrected chi connectivity index (χ4v) is 3.71. The lowest BCUT2D eigenvalue weighted by Crippen LogP contribution is -2.45. The molecule has 2 aromatic rings. The van der Waals surface area contributed by atoms with E-state index in [-0.39, 0.29) is 29.2 Å². The Hall–Kier alpha value is -3.29. The maximum absolute atomic E-state index is 12.8. The van der Waals surface area contributed by atoms with Crippen LogP contribution in [0.15, 0.2) is 42.6 Å². The van der Waals surface area contributed by atoms with Gasteiger partial charge in [0.15, 0.2) is 17.2 Å². The number of hydrogen-bond donors (Lipinski definition) is 2. The van der Waals surface area contributed by atoms with E-state index in [0.717, 1.165) is 6.42 Å². The van der Waals surface area contributed by atoms with Gasteiger partial charge in [0.1, 0.15) is 24.0 Å². The fourth-order valence-electron chi connectivity index (χ4n) is 3.71. The lowest BCUT2D eigenvalue weighted by molar-refractivity contribution is -0.156. The number of nitrogens with one attached hydrogen (secondary N) is 1. The van der Waals surface area contributed by atoms with E-state index in [1.54, 1.807) is 6.92 Å². The van der Waals surface area contributed by atoms with Gasteiger partial charge in [0.25, 0.3) is 5.91 Å². The molecule has 2 N–H and O–H groups in total. The van der Waals surface area contributed by atoms with Crippen molar-refractivity contribution < 1.29 is 28.9 Å². The molecule has 166 valence electrons. The van der Waals surface area contributed by atoms with Gasteiger partial charge in [-0.15, -0.1) is 0 Å². The number of benzene rings is 1. The summed E-state index contributed by atoms with van der Waals surface area (Å²) in [5.41, 5.74) is -0.210. The highest BCUT2D eigenvalue weighted by molar-refractivity contribution is 5.97. The number of carbonyl (C=O) groups excluding carboxylic acids is 2. The number of cyclic esters (lactones) is 1. The maximum atomic E-state index is 12.8. The zero-order chi connectivity index (χ0) is 22.4. The first-order chi connectivity index (χ1) is 14.9. The van der Waals surface area contributed by atoms with Gasteiger partial charge in [-0.25, -0.2) is 9.78 Å². The van der Waals surface area contributed by atoms with E-state index < -0.39 is 24.0 Å². The standard InChI is InChI=1S/C23H28N2O6/c1-14-8-7-11-17(25-22(27)19-20(26)18(29-3)12-13-24-19)23(28)30-15(2)21(14)31-16-9-5-4-6-10-16/h4-6,9-10,12-15,17,21,26H,7-8,11H2,1-3H3,(H,25,27)/t14-,15-,17-,21+/m0/s1. The van der Waals surface area contributed by atoms with E-state index in [1.165, 1.54) is 19.4 Å². The number of pyridine rings is 1. The highest BCUT2D eigenvalue weighted by atomic mass is 16.6. The lowest BCUT2D eigenvalue weighted by atomic mass is 9.94. The molecule has 4 atom stereocenters. The van der Waals surface area contributed by atoms with E-state index in [9.17, 15) is 14.7 Å². The van der Waals surface area contributed by atoms with E-state index >= 15 is 0 Å². The second kappa shape index (κ2) is 10.1. The lowest BCUT2D eigenvalue weighted by Gasteiger charge is -2.29. The number of aromatic nitrogens is 1. The van der Waals surface area contributed by atoms with Crippen LogP contribution in [0, 0.1) is 5.92 Å². The Bertz CT molecular complexity index is 904. The number of nitrogens with zero attached hydrogens (tertiary/aromatic N) is 1. The third kappa shape index (κ3) is 5.45. The number of esters is 1. The molecule has 1 amide bonds. The Morgan fingerprint density at radius 2 is 1.94 bits per heavy atom. The first-order valence-corrected chi connectivity index (χ1v) is 10.4. The average Bonchev–Trinajstić information content (AvgIpc) is 2.80. The molecule has 1 fully saturated rings. The third-order valence-corrected chi connectivity index (χ3v) is 5.41. The predicted molar refractivity (Wildman–Crippen MR) is 113 cm³/mol. The van der Waals surface area contributed by atoms with Crippen molar-refractivity contribution in [3.63, 3.8) is 0 Å². The average molecular weight is 428 g/mol. The predicted octanol–water partition coefficient (Wildman–Crippen LogP) is 3.09. The van der Waals surface area contributed by atoms with Gasteiger partial charge >= 0.3 is 5.97 Å². The molecule has 0 unspecified atom stereocenters. The van der Waals surface area contributed by atoms with Gasteiger partial charge in [-0.2, -0.15) is 0 Å². The van der Waals surface area contributed by atoms with Crippen molar-refractivity contribution in [2.24, 2.45) is 5.92 Å². The second-order valence-corrected chi connectivity index (χ2v) is 7.68.